The standard InChI is InChI=1S/C8H13NO4/c1-2-13-8(11)7(10)9-3-5-12-6-4-9/h2-6H2,1H3. The summed E-state index contributed by atoms with van der Waals surface area (Å²) >= 11 is 0. The van der Waals surface area contributed by atoms with Crippen molar-refractivity contribution < 1.29 is 19.1 Å². The van der Waals surface area contributed by atoms with Gasteiger partial charge in [-0.15, -0.1) is 0 Å². The predicted molar refractivity (Wildman–Crippen MR) is 44.0 cm³/mol. The van der Waals surface area contributed by atoms with Gasteiger partial charge in [0.25, 0.3) is 0 Å². The van der Waals surface area contributed by atoms with Crippen molar-refractivity contribution in [3.8, 4) is 0 Å². The molecule has 1 rings (SSSR count). The normalized spacial score (nSPS) is 16.8. The van der Waals surface area contributed by atoms with E-state index in [9.17, 15) is 9.59 Å². The molecule has 74 valence electrons. The van der Waals surface area contributed by atoms with Crippen molar-refractivity contribution in [1.29, 1.82) is 0 Å². The number of amides is 1. The van der Waals surface area contributed by atoms with Crippen LogP contribution in [0.15, 0.2) is 0 Å². The van der Waals surface area contributed by atoms with Crippen molar-refractivity contribution in [2.45, 2.75) is 6.92 Å². The average Bonchev–Trinajstić information content (AvgIpc) is 2.18. The van der Waals surface area contributed by atoms with Crippen LogP contribution in [-0.4, -0.2) is 49.7 Å². The second-order valence-electron chi connectivity index (χ2n) is 2.63. The lowest BCUT2D eigenvalue weighted by molar-refractivity contribution is -0.161. The number of ether oxygens (including phenoxy) is 2. The van der Waals surface area contributed by atoms with Crippen LogP contribution in [0.1, 0.15) is 6.92 Å². The molecule has 1 amide bonds. The summed E-state index contributed by atoms with van der Waals surface area (Å²) < 4.78 is 9.63. The van der Waals surface area contributed by atoms with E-state index in [-0.39, 0.29) is 6.61 Å². The summed E-state index contributed by atoms with van der Waals surface area (Å²) in [5.41, 5.74) is 0. The molecule has 1 fully saturated rings. The van der Waals surface area contributed by atoms with E-state index < -0.39 is 11.9 Å². The highest BCUT2D eigenvalue weighted by atomic mass is 16.5. The van der Waals surface area contributed by atoms with E-state index in [1.165, 1.54) is 4.90 Å². The molecule has 0 aromatic heterocycles. The summed E-state index contributed by atoms with van der Waals surface area (Å²) in [5, 5.41) is 0. The largest absolute Gasteiger partial charge is 0.459 e. The maximum atomic E-state index is 11.3. The van der Waals surface area contributed by atoms with E-state index in [0.29, 0.717) is 26.3 Å². The quantitative estimate of drug-likeness (QED) is 0.406. The van der Waals surface area contributed by atoms with E-state index in [2.05, 4.69) is 4.74 Å². The molecule has 0 aromatic carbocycles. The highest BCUT2D eigenvalue weighted by Gasteiger charge is 2.24. The summed E-state index contributed by atoms with van der Waals surface area (Å²) in [5.74, 6) is -1.34. The average molecular weight is 187 g/mol. The number of carbonyl (C=O) groups excluding carboxylic acids is 2. The first-order chi connectivity index (χ1) is 6.25. The molecule has 0 unspecified atom stereocenters. The Kier molecular flexibility index (Phi) is 3.70. The van der Waals surface area contributed by atoms with Crippen LogP contribution in [0.25, 0.3) is 0 Å². The molecular weight excluding hydrogens is 174 g/mol. The zero-order valence-electron chi connectivity index (χ0n) is 7.62. The predicted octanol–water partition coefficient (Wildman–Crippen LogP) is -0.592. The lowest BCUT2D eigenvalue weighted by Gasteiger charge is -2.25. The Balaban J connectivity index is 2.40. The molecule has 13 heavy (non-hydrogen) atoms. The Hall–Kier alpha value is -1.10. The topological polar surface area (TPSA) is 55.8 Å². The van der Waals surface area contributed by atoms with Crippen LogP contribution in [0.3, 0.4) is 0 Å². The smallest absolute Gasteiger partial charge is 0.397 e. The van der Waals surface area contributed by atoms with Crippen molar-refractivity contribution >= 4 is 11.9 Å². The van der Waals surface area contributed by atoms with Gasteiger partial charge in [-0.05, 0) is 6.92 Å². The Morgan fingerprint density at radius 3 is 2.54 bits per heavy atom. The molecule has 0 radical (unpaired) electrons. The van der Waals surface area contributed by atoms with E-state index in [4.69, 9.17) is 4.74 Å². The van der Waals surface area contributed by atoms with Gasteiger partial charge in [-0.1, -0.05) is 0 Å². The maximum Gasteiger partial charge on any atom is 0.397 e. The molecule has 5 nitrogen and oxygen atoms in total. The van der Waals surface area contributed by atoms with Gasteiger partial charge < -0.3 is 14.4 Å². The number of nitrogens with zero attached hydrogens (tertiary/aromatic N) is 1. The monoisotopic (exact) mass is 187 g/mol. The fourth-order valence-corrected chi connectivity index (χ4v) is 1.09. The SMILES string of the molecule is CCOC(=O)C(=O)N1CCOCC1. The molecule has 0 bridgehead atoms. The number of carbonyl (C=O) groups is 2. The van der Waals surface area contributed by atoms with Crippen molar-refractivity contribution in [3.05, 3.63) is 0 Å². The summed E-state index contributed by atoms with van der Waals surface area (Å²) in [6.07, 6.45) is 0. The van der Waals surface area contributed by atoms with Crippen LogP contribution < -0.4 is 0 Å². The summed E-state index contributed by atoms with van der Waals surface area (Å²) in [7, 11) is 0. The third kappa shape index (κ3) is 2.69. The van der Waals surface area contributed by atoms with E-state index in [0.717, 1.165) is 0 Å². The van der Waals surface area contributed by atoms with E-state index >= 15 is 0 Å². The maximum absolute atomic E-state index is 11.3. The number of rotatable bonds is 1. The zero-order chi connectivity index (χ0) is 9.68. The molecule has 0 aromatic rings. The molecule has 0 spiro atoms. The van der Waals surface area contributed by atoms with Gasteiger partial charge in [-0.3, -0.25) is 4.79 Å². The van der Waals surface area contributed by atoms with Gasteiger partial charge in [0.2, 0.25) is 0 Å². The molecule has 0 aliphatic carbocycles. The van der Waals surface area contributed by atoms with Gasteiger partial charge in [0, 0.05) is 13.1 Å². The van der Waals surface area contributed by atoms with E-state index in [1.54, 1.807) is 6.92 Å². The molecule has 0 N–H and O–H groups in total. The number of esters is 1. The van der Waals surface area contributed by atoms with Gasteiger partial charge in [0.1, 0.15) is 0 Å². The molecule has 1 aliphatic rings. The van der Waals surface area contributed by atoms with Crippen LogP contribution in [0, 0.1) is 0 Å². The lowest BCUT2D eigenvalue weighted by Crippen LogP contribution is -2.44. The fraction of sp³-hybridized carbons (Fsp3) is 0.750. The Bertz CT molecular complexity index is 198. The zero-order valence-corrected chi connectivity index (χ0v) is 7.62. The first-order valence-corrected chi connectivity index (χ1v) is 4.29. The number of hydrogen-bond donors (Lipinski definition) is 0. The molecule has 1 heterocycles. The van der Waals surface area contributed by atoms with Gasteiger partial charge in [0.05, 0.1) is 19.8 Å². The minimum Gasteiger partial charge on any atom is -0.459 e. The van der Waals surface area contributed by atoms with E-state index in [1.807, 2.05) is 0 Å². The van der Waals surface area contributed by atoms with Crippen molar-refractivity contribution in [3.63, 3.8) is 0 Å². The minimum absolute atomic E-state index is 0.231. The van der Waals surface area contributed by atoms with Crippen molar-refractivity contribution in [1.82, 2.24) is 4.90 Å². The van der Waals surface area contributed by atoms with Crippen LogP contribution in [0.4, 0.5) is 0 Å². The second kappa shape index (κ2) is 4.81. The van der Waals surface area contributed by atoms with Gasteiger partial charge in [-0.25, -0.2) is 4.79 Å². The van der Waals surface area contributed by atoms with Crippen LogP contribution in [0.2, 0.25) is 0 Å². The summed E-state index contributed by atoms with van der Waals surface area (Å²) in [6.45, 7) is 3.82. The van der Waals surface area contributed by atoms with Crippen molar-refractivity contribution in [2.24, 2.45) is 0 Å². The minimum atomic E-state index is -0.774. The fourth-order valence-electron chi connectivity index (χ4n) is 1.09. The Morgan fingerprint density at radius 2 is 2.00 bits per heavy atom. The highest BCUT2D eigenvalue weighted by Crippen LogP contribution is 1.98. The van der Waals surface area contributed by atoms with Gasteiger partial charge in [0.15, 0.2) is 0 Å². The molecule has 1 saturated heterocycles. The third-order valence-corrected chi connectivity index (χ3v) is 1.75. The van der Waals surface area contributed by atoms with Crippen LogP contribution >= 0.6 is 0 Å². The molecule has 5 heteroatoms. The van der Waals surface area contributed by atoms with Crippen LogP contribution in [-0.2, 0) is 19.1 Å². The molecular formula is C8H13NO4. The molecule has 0 saturated carbocycles. The van der Waals surface area contributed by atoms with Crippen LogP contribution in [0.5, 0.6) is 0 Å². The first-order valence-electron chi connectivity index (χ1n) is 4.29. The number of morpholine rings is 1. The Morgan fingerprint density at radius 1 is 1.38 bits per heavy atom. The Labute approximate surface area is 76.6 Å². The third-order valence-electron chi connectivity index (χ3n) is 1.75. The number of hydrogen-bond acceptors (Lipinski definition) is 4. The molecule has 0 atom stereocenters. The summed E-state index contributed by atoms with van der Waals surface area (Å²) in [4.78, 5) is 23.7. The summed E-state index contributed by atoms with van der Waals surface area (Å²) in [6, 6.07) is 0. The first kappa shape index (κ1) is 9.98. The molecule has 1 aliphatic heterocycles. The van der Waals surface area contributed by atoms with Gasteiger partial charge in [-0.2, -0.15) is 0 Å². The highest BCUT2D eigenvalue weighted by molar-refractivity contribution is 6.32. The second-order valence-corrected chi connectivity index (χ2v) is 2.63. The van der Waals surface area contributed by atoms with Crippen molar-refractivity contribution in [2.75, 3.05) is 32.9 Å². The van der Waals surface area contributed by atoms with Gasteiger partial charge >= 0.3 is 11.9 Å². The lowest BCUT2D eigenvalue weighted by atomic mass is 10.4.